The molecule has 0 aliphatic heterocycles. The molecule has 0 aromatic carbocycles. The third-order valence-corrected chi connectivity index (χ3v) is 2.63. The maximum absolute atomic E-state index is 11.8. The number of carbonyl (C=O) groups excluding carboxylic acids is 2. The third kappa shape index (κ3) is 7.31. The molecule has 6 nitrogen and oxygen atoms in total. The molecule has 0 unspecified atom stereocenters. The summed E-state index contributed by atoms with van der Waals surface area (Å²) >= 11 is 0. The summed E-state index contributed by atoms with van der Waals surface area (Å²) in [5.41, 5.74) is -0.931. The maximum Gasteiger partial charge on any atom is 0.244 e. The normalized spacial score (nSPS) is 11.6. The maximum atomic E-state index is 11.8. The first kappa shape index (κ1) is 17.0. The van der Waals surface area contributed by atoms with E-state index in [0.717, 1.165) is 0 Å². The van der Waals surface area contributed by atoms with Gasteiger partial charge in [-0.2, -0.15) is 0 Å². The zero-order valence-electron chi connectivity index (χ0n) is 12.6. The second kappa shape index (κ2) is 7.64. The number of carbonyl (C=O) groups is 2. The van der Waals surface area contributed by atoms with Gasteiger partial charge in [-0.1, -0.05) is 0 Å². The standard InChI is InChI=1S/C15H22N2O4/c1-15(2,20)11-17(3)14(19)8-9-16-13(18)7-6-12-5-4-10-21-12/h4-7,10,20H,8-9,11H2,1-3H3,(H,16,18). The van der Waals surface area contributed by atoms with Gasteiger partial charge in [-0.3, -0.25) is 9.59 Å². The van der Waals surface area contributed by atoms with Crippen LogP contribution < -0.4 is 5.32 Å². The second-order valence-electron chi connectivity index (χ2n) is 5.45. The number of hydrogen-bond donors (Lipinski definition) is 2. The lowest BCUT2D eigenvalue weighted by Crippen LogP contribution is -2.40. The van der Waals surface area contributed by atoms with Crippen molar-refractivity contribution >= 4 is 17.9 Å². The molecule has 1 heterocycles. The Balaban J connectivity index is 2.26. The van der Waals surface area contributed by atoms with Crippen molar-refractivity contribution in [1.29, 1.82) is 0 Å². The zero-order chi connectivity index (χ0) is 15.9. The molecule has 2 amide bonds. The van der Waals surface area contributed by atoms with Crippen molar-refractivity contribution in [3.8, 4) is 0 Å². The van der Waals surface area contributed by atoms with Gasteiger partial charge in [0.05, 0.1) is 11.9 Å². The number of likely N-dealkylation sites (N-methyl/N-ethyl adjacent to an activating group) is 1. The second-order valence-corrected chi connectivity index (χ2v) is 5.45. The van der Waals surface area contributed by atoms with Crippen LogP contribution in [0, 0.1) is 0 Å². The minimum absolute atomic E-state index is 0.132. The van der Waals surface area contributed by atoms with Crippen LogP contribution in [0.15, 0.2) is 28.9 Å². The molecular formula is C15H22N2O4. The van der Waals surface area contributed by atoms with E-state index >= 15 is 0 Å². The highest BCUT2D eigenvalue weighted by Gasteiger charge is 2.18. The minimum Gasteiger partial charge on any atom is -0.465 e. The van der Waals surface area contributed by atoms with Crippen LogP contribution >= 0.6 is 0 Å². The van der Waals surface area contributed by atoms with E-state index in [2.05, 4.69) is 5.32 Å². The summed E-state index contributed by atoms with van der Waals surface area (Å²) in [6.45, 7) is 3.77. The van der Waals surface area contributed by atoms with Gasteiger partial charge in [-0.15, -0.1) is 0 Å². The fourth-order valence-electron chi connectivity index (χ4n) is 1.75. The third-order valence-electron chi connectivity index (χ3n) is 2.63. The molecular weight excluding hydrogens is 272 g/mol. The minimum atomic E-state index is -0.931. The predicted octanol–water partition coefficient (Wildman–Crippen LogP) is 1.03. The molecule has 116 valence electrons. The summed E-state index contributed by atoms with van der Waals surface area (Å²) in [5.74, 6) is 0.169. The Morgan fingerprint density at radius 1 is 1.48 bits per heavy atom. The van der Waals surface area contributed by atoms with Crippen molar-refractivity contribution in [2.75, 3.05) is 20.1 Å². The van der Waals surface area contributed by atoms with Crippen LogP contribution in [0.4, 0.5) is 0 Å². The molecule has 0 bridgehead atoms. The summed E-state index contributed by atoms with van der Waals surface area (Å²) in [6, 6.07) is 3.47. The van der Waals surface area contributed by atoms with E-state index in [0.29, 0.717) is 5.76 Å². The first-order valence-electron chi connectivity index (χ1n) is 6.74. The molecule has 0 radical (unpaired) electrons. The molecule has 1 aromatic rings. The van der Waals surface area contributed by atoms with Gasteiger partial charge in [-0.05, 0) is 32.1 Å². The van der Waals surface area contributed by atoms with E-state index < -0.39 is 5.60 Å². The molecule has 0 aliphatic rings. The van der Waals surface area contributed by atoms with E-state index in [9.17, 15) is 14.7 Å². The van der Waals surface area contributed by atoms with Crippen molar-refractivity contribution < 1.29 is 19.1 Å². The average Bonchev–Trinajstić information content (AvgIpc) is 2.87. The van der Waals surface area contributed by atoms with E-state index in [-0.39, 0.29) is 31.3 Å². The molecule has 1 rings (SSSR count). The lowest BCUT2D eigenvalue weighted by molar-refractivity contribution is -0.132. The van der Waals surface area contributed by atoms with Crippen molar-refractivity contribution in [3.05, 3.63) is 30.2 Å². The number of furan rings is 1. The van der Waals surface area contributed by atoms with Gasteiger partial charge in [-0.25, -0.2) is 0 Å². The van der Waals surface area contributed by atoms with Crippen molar-refractivity contribution in [2.45, 2.75) is 25.9 Å². The summed E-state index contributed by atoms with van der Waals surface area (Å²) in [4.78, 5) is 24.7. The van der Waals surface area contributed by atoms with Crippen LogP contribution in [0.5, 0.6) is 0 Å². The average molecular weight is 294 g/mol. The number of rotatable bonds is 7. The Kier molecular flexibility index (Phi) is 6.17. The summed E-state index contributed by atoms with van der Waals surface area (Å²) in [7, 11) is 1.62. The fourth-order valence-corrected chi connectivity index (χ4v) is 1.75. The first-order valence-corrected chi connectivity index (χ1v) is 6.74. The van der Waals surface area contributed by atoms with Crippen LogP contribution in [0.2, 0.25) is 0 Å². The molecule has 2 N–H and O–H groups in total. The van der Waals surface area contributed by atoms with E-state index in [1.807, 2.05) is 0 Å². The highest BCUT2D eigenvalue weighted by atomic mass is 16.3. The predicted molar refractivity (Wildman–Crippen MR) is 79.3 cm³/mol. The molecule has 0 fully saturated rings. The molecule has 0 saturated heterocycles. The molecule has 0 atom stereocenters. The fraction of sp³-hybridized carbons (Fsp3) is 0.467. The van der Waals surface area contributed by atoms with Gasteiger partial charge in [0.25, 0.3) is 0 Å². The van der Waals surface area contributed by atoms with Gasteiger partial charge in [0.1, 0.15) is 5.76 Å². The zero-order valence-corrected chi connectivity index (χ0v) is 12.6. The SMILES string of the molecule is CN(CC(C)(C)O)C(=O)CCNC(=O)C=Cc1ccco1. The highest BCUT2D eigenvalue weighted by molar-refractivity contribution is 5.91. The van der Waals surface area contributed by atoms with Crippen molar-refractivity contribution in [3.63, 3.8) is 0 Å². The van der Waals surface area contributed by atoms with Gasteiger partial charge >= 0.3 is 0 Å². The number of nitrogens with zero attached hydrogens (tertiary/aromatic N) is 1. The largest absolute Gasteiger partial charge is 0.465 e. The van der Waals surface area contributed by atoms with E-state index in [4.69, 9.17) is 4.42 Å². The molecule has 0 saturated carbocycles. The molecule has 21 heavy (non-hydrogen) atoms. The van der Waals surface area contributed by atoms with Crippen LogP contribution in [0.3, 0.4) is 0 Å². The monoisotopic (exact) mass is 294 g/mol. The van der Waals surface area contributed by atoms with Crippen LogP contribution in [-0.4, -0.2) is 47.6 Å². The first-order chi connectivity index (χ1) is 9.78. The Morgan fingerprint density at radius 3 is 2.76 bits per heavy atom. The van der Waals surface area contributed by atoms with E-state index in [1.54, 1.807) is 39.1 Å². The van der Waals surface area contributed by atoms with Crippen LogP contribution in [0.1, 0.15) is 26.0 Å². The lowest BCUT2D eigenvalue weighted by Gasteiger charge is -2.25. The van der Waals surface area contributed by atoms with Crippen molar-refractivity contribution in [2.24, 2.45) is 0 Å². The Hall–Kier alpha value is -2.08. The summed E-state index contributed by atoms with van der Waals surface area (Å²) < 4.78 is 5.05. The number of aliphatic hydroxyl groups is 1. The topological polar surface area (TPSA) is 82.8 Å². The van der Waals surface area contributed by atoms with Gasteiger partial charge in [0.15, 0.2) is 0 Å². The quantitative estimate of drug-likeness (QED) is 0.736. The summed E-state index contributed by atoms with van der Waals surface area (Å²) in [5, 5.41) is 12.2. The summed E-state index contributed by atoms with van der Waals surface area (Å²) in [6.07, 6.45) is 4.61. The van der Waals surface area contributed by atoms with E-state index in [1.165, 1.54) is 17.2 Å². The van der Waals surface area contributed by atoms with Gasteiger partial charge in [0.2, 0.25) is 11.8 Å². The molecule has 6 heteroatoms. The lowest BCUT2D eigenvalue weighted by atomic mass is 10.1. The smallest absolute Gasteiger partial charge is 0.244 e. The number of nitrogens with one attached hydrogen (secondary N) is 1. The van der Waals surface area contributed by atoms with Crippen molar-refractivity contribution in [1.82, 2.24) is 10.2 Å². The van der Waals surface area contributed by atoms with Crippen LogP contribution in [0.25, 0.3) is 6.08 Å². The van der Waals surface area contributed by atoms with Crippen LogP contribution in [-0.2, 0) is 9.59 Å². The molecule has 1 aromatic heterocycles. The number of hydrogen-bond acceptors (Lipinski definition) is 4. The highest BCUT2D eigenvalue weighted by Crippen LogP contribution is 2.04. The van der Waals surface area contributed by atoms with Gasteiger partial charge in [0, 0.05) is 32.6 Å². The molecule has 0 aliphatic carbocycles. The Bertz CT molecular complexity index is 486. The molecule has 0 spiro atoms. The Morgan fingerprint density at radius 2 is 2.19 bits per heavy atom. The Labute approximate surface area is 124 Å². The number of amides is 2. The van der Waals surface area contributed by atoms with Gasteiger partial charge < -0.3 is 19.7 Å².